The molecule has 186 valence electrons. The predicted octanol–water partition coefficient (Wildman–Crippen LogP) is 4.15. The summed E-state index contributed by atoms with van der Waals surface area (Å²) >= 11 is 6.28. The van der Waals surface area contributed by atoms with Gasteiger partial charge in [0.2, 0.25) is 11.8 Å². The van der Waals surface area contributed by atoms with Gasteiger partial charge in [0.05, 0.1) is 24.8 Å². The first-order valence-corrected chi connectivity index (χ1v) is 10.2. The molecule has 1 heterocycles. The summed E-state index contributed by atoms with van der Waals surface area (Å²) in [5, 5.41) is 6.34. The Labute approximate surface area is 200 Å². The summed E-state index contributed by atoms with van der Waals surface area (Å²) < 4.78 is 68.5. The third-order valence-corrected chi connectivity index (χ3v) is 5.08. The molecule has 0 spiro atoms. The molecule has 13 heteroatoms. The Hall–Kier alpha value is -3.80. The Kier molecular flexibility index (Phi) is 7.85. The van der Waals surface area contributed by atoms with Crippen LogP contribution in [-0.4, -0.2) is 29.9 Å². The van der Waals surface area contributed by atoms with Gasteiger partial charge in [-0.2, -0.15) is 17.9 Å². The smallest absolute Gasteiger partial charge is 0.437 e. The molecule has 3 rings (SSSR count). The maximum atomic E-state index is 13.2. The molecule has 0 fully saturated rings. The Balaban J connectivity index is 1.69. The van der Waals surface area contributed by atoms with Crippen LogP contribution in [0.15, 0.2) is 39.5 Å². The predicted molar refractivity (Wildman–Crippen MR) is 117 cm³/mol. The first-order valence-electron chi connectivity index (χ1n) is 9.82. The van der Waals surface area contributed by atoms with E-state index >= 15 is 0 Å². The summed E-state index contributed by atoms with van der Waals surface area (Å²) in [5.41, 5.74) is -1.05. The molecule has 0 unspecified atom stereocenters. The molecule has 1 aromatic heterocycles. The lowest BCUT2D eigenvalue weighted by molar-refractivity contribution is -0.138. The lowest BCUT2D eigenvalue weighted by Crippen LogP contribution is -2.31. The molecule has 0 atom stereocenters. The maximum Gasteiger partial charge on any atom is 0.437 e. The molecule has 0 radical (unpaired) electrons. The molecule has 0 saturated heterocycles. The highest BCUT2D eigenvalue weighted by molar-refractivity contribution is 6.34. The third kappa shape index (κ3) is 6.21. The van der Waals surface area contributed by atoms with Gasteiger partial charge >= 0.3 is 11.9 Å². The van der Waals surface area contributed by atoms with Crippen molar-refractivity contribution in [1.82, 2.24) is 15.1 Å². The Bertz CT molecular complexity index is 1320. The van der Waals surface area contributed by atoms with Crippen LogP contribution in [0.3, 0.4) is 0 Å². The fraction of sp³-hybridized carbons (Fsp3) is 0.227. The second-order valence-electron chi connectivity index (χ2n) is 6.98. The number of carbonyl (C=O) groups is 1. The molecule has 0 aliphatic carbocycles. The molecule has 0 aliphatic rings. The average molecular weight is 516 g/mol. The second-order valence-corrected chi connectivity index (χ2v) is 7.36. The molecule has 0 saturated carbocycles. The fourth-order valence-electron chi connectivity index (χ4n) is 3.04. The zero-order valence-electron chi connectivity index (χ0n) is 18.3. The van der Waals surface area contributed by atoms with E-state index in [1.807, 2.05) is 0 Å². The minimum absolute atomic E-state index is 0.147. The quantitative estimate of drug-likeness (QED) is 0.453. The summed E-state index contributed by atoms with van der Waals surface area (Å²) in [5.74, 6) is -2.26. The lowest BCUT2D eigenvalue weighted by atomic mass is 10.1. The van der Waals surface area contributed by atoms with E-state index in [-0.39, 0.29) is 16.5 Å². The molecule has 3 aromatic rings. The van der Waals surface area contributed by atoms with E-state index in [1.54, 1.807) is 12.1 Å². The number of hydrogen-bond acceptors (Lipinski definition) is 6. The van der Waals surface area contributed by atoms with Crippen LogP contribution in [0.5, 0.6) is 11.5 Å². The highest BCUT2D eigenvalue weighted by atomic mass is 35.5. The first-order chi connectivity index (χ1) is 16.5. The van der Waals surface area contributed by atoms with Gasteiger partial charge in [0.25, 0.3) is 0 Å². The number of amides is 1. The maximum absolute atomic E-state index is 13.2. The van der Waals surface area contributed by atoms with Gasteiger partial charge in [-0.05, 0) is 41.5 Å². The van der Waals surface area contributed by atoms with E-state index in [9.17, 15) is 27.2 Å². The molecular weight excluding hydrogens is 498 g/mol. The number of benzene rings is 2. The molecule has 35 heavy (non-hydrogen) atoms. The van der Waals surface area contributed by atoms with Crippen molar-refractivity contribution in [3.05, 3.63) is 74.3 Å². The number of halogens is 5. The van der Waals surface area contributed by atoms with E-state index in [4.69, 9.17) is 25.5 Å². The average Bonchev–Trinajstić information content (AvgIpc) is 3.15. The largest absolute Gasteiger partial charge is 0.493 e. The Morgan fingerprint density at radius 1 is 1.20 bits per heavy atom. The summed E-state index contributed by atoms with van der Waals surface area (Å²) in [7, 11) is 2.87. The zero-order chi connectivity index (χ0) is 25.8. The number of aromatic nitrogens is 2. The van der Waals surface area contributed by atoms with Crippen LogP contribution in [0, 0.1) is 5.82 Å². The zero-order valence-corrected chi connectivity index (χ0v) is 19.0. The van der Waals surface area contributed by atoms with Crippen molar-refractivity contribution in [3.63, 3.8) is 0 Å². The highest BCUT2D eigenvalue weighted by Gasteiger charge is 2.33. The van der Waals surface area contributed by atoms with Crippen LogP contribution in [0.1, 0.15) is 22.6 Å². The topological polar surface area (TPSA) is 95.6 Å². The number of nitrogens with zero attached hydrogens (tertiary/aromatic N) is 2. The summed E-state index contributed by atoms with van der Waals surface area (Å²) in [6.45, 7) is -1.15. The van der Waals surface area contributed by atoms with Gasteiger partial charge < -0.3 is 19.2 Å². The number of methoxy groups -OCH3 is 2. The Morgan fingerprint density at radius 3 is 2.60 bits per heavy atom. The molecule has 2 aromatic carbocycles. The fourth-order valence-corrected chi connectivity index (χ4v) is 3.33. The lowest BCUT2D eigenvalue weighted by Gasteiger charge is -2.13. The van der Waals surface area contributed by atoms with Gasteiger partial charge in [-0.25, -0.2) is 9.18 Å². The van der Waals surface area contributed by atoms with Crippen LogP contribution < -0.4 is 20.5 Å². The van der Waals surface area contributed by atoms with Crippen molar-refractivity contribution >= 4 is 29.7 Å². The van der Waals surface area contributed by atoms with E-state index in [0.717, 1.165) is 12.1 Å². The normalized spacial score (nSPS) is 11.6. The third-order valence-electron chi connectivity index (χ3n) is 4.69. The van der Waals surface area contributed by atoms with Gasteiger partial charge in [-0.1, -0.05) is 17.7 Å². The van der Waals surface area contributed by atoms with Gasteiger partial charge in [0, 0.05) is 12.6 Å². The number of nitrogens with one attached hydrogen (secondary N) is 1. The van der Waals surface area contributed by atoms with E-state index in [2.05, 4.69) is 10.4 Å². The van der Waals surface area contributed by atoms with Crippen molar-refractivity contribution in [2.24, 2.45) is 0 Å². The van der Waals surface area contributed by atoms with Crippen molar-refractivity contribution in [1.29, 1.82) is 0 Å². The van der Waals surface area contributed by atoms with Gasteiger partial charge in [-0.15, -0.1) is 5.10 Å². The van der Waals surface area contributed by atoms with Crippen LogP contribution in [0.2, 0.25) is 5.02 Å². The minimum atomic E-state index is -4.80. The van der Waals surface area contributed by atoms with E-state index in [0.29, 0.717) is 27.8 Å². The van der Waals surface area contributed by atoms with Gasteiger partial charge in [0.15, 0.2) is 11.5 Å². The number of ether oxygens (including phenoxy) is 2. The van der Waals surface area contributed by atoms with Crippen molar-refractivity contribution in [2.45, 2.75) is 19.3 Å². The number of hydrogen-bond donors (Lipinski definition) is 1. The van der Waals surface area contributed by atoms with E-state index in [1.165, 1.54) is 26.4 Å². The van der Waals surface area contributed by atoms with E-state index < -0.39 is 42.3 Å². The van der Waals surface area contributed by atoms with Gasteiger partial charge in [-0.3, -0.25) is 4.79 Å². The van der Waals surface area contributed by atoms with Crippen molar-refractivity contribution < 1.29 is 36.2 Å². The molecule has 0 bridgehead atoms. The van der Waals surface area contributed by atoms with Crippen LogP contribution in [0.4, 0.5) is 17.6 Å². The standard InChI is InChI=1S/C22H18ClF4N3O5/c1-33-16-7-4-12(19(23)20(16)34-2)5-8-18-29-30(21(32)35-18)11-17(31)28-10-13-3-6-14(24)9-15(13)22(25,26)27/h3-9H,10-11H2,1-2H3,(H,28,31)/b8-5+. The molecule has 0 aliphatic heterocycles. The molecule has 8 nitrogen and oxygen atoms in total. The Morgan fingerprint density at radius 2 is 1.94 bits per heavy atom. The SMILES string of the molecule is COc1ccc(/C=C/c2nn(CC(=O)NCc3ccc(F)cc3C(F)(F)F)c(=O)o2)c(Cl)c1OC. The van der Waals surface area contributed by atoms with Crippen molar-refractivity contribution in [3.8, 4) is 11.5 Å². The van der Waals surface area contributed by atoms with Crippen LogP contribution in [-0.2, 0) is 24.1 Å². The monoisotopic (exact) mass is 515 g/mol. The highest BCUT2D eigenvalue weighted by Crippen LogP contribution is 2.38. The van der Waals surface area contributed by atoms with Crippen molar-refractivity contribution in [2.75, 3.05) is 14.2 Å². The van der Waals surface area contributed by atoms with Crippen LogP contribution in [0.25, 0.3) is 12.2 Å². The number of alkyl halides is 3. The molecule has 1 amide bonds. The summed E-state index contributed by atoms with van der Waals surface area (Å²) in [6, 6.07) is 5.36. The van der Waals surface area contributed by atoms with Gasteiger partial charge in [0.1, 0.15) is 12.4 Å². The summed E-state index contributed by atoms with van der Waals surface area (Å²) in [6.07, 6.45) is -1.98. The molecular formula is C22H18ClF4N3O5. The number of carbonyl (C=O) groups excluding carboxylic acids is 1. The minimum Gasteiger partial charge on any atom is -0.493 e. The first kappa shape index (κ1) is 25.8. The number of rotatable bonds is 8. The molecule has 1 N–H and O–H groups in total. The van der Waals surface area contributed by atoms with Crippen LogP contribution >= 0.6 is 11.6 Å². The second kappa shape index (κ2) is 10.6. The summed E-state index contributed by atoms with van der Waals surface area (Å²) in [4.78, 5) is 24.2.